The predicted octanol–water partition coefficient (Wildman–Crippen LogP) is 4.39. The van der Waals surface area contributed by atoms with Crippen molar-refractivity contribution in [3.05, 3.63) is 58.1 Å². The number of ether oxygens (including phenoxy) is 2. The third-order valence-corrected chi connectivity index (χ3v) is 3.67. The molecule has 0 unspecified atom stereocenters. The second-order valence-electron chi connectivity index (χ2n) is 4.63. The summed E-state index contributed by atoms with van der Waals surface area (Å²) in [5, 5.41) is 2.85. The Labute approximate surface area is 151 Å². The van der Waals surface area contributed by atoms with E-state index >= 15 is 0 Å². The number of benzene rings is 2. The minimum absolute atomic E-state index is 0.0354. The summed E-state index contributed by atoms with van der Waals surface area (Å²) in [7, 11) is 0. The molecule has 2 aromatic carbocycles. The Hall–Kier alpha value is -2.38. The Morgan fingerprint density at radius 1 is 1.12 bits per heavy atom. The van der Waals surface area contributed by atoms with Crippen LogP contribution in [0.5, 0.6) is 5.75 Å². The number of hydrogen-bond acceptors (Lipinski definition) is 4. The first-order valence-corrected chi connectivity index (χ1v) is 7.58. The number of amides is 1. The van der Waals surface area contributed by atoms with Gasteiger partial charge in [-0.25, -0.2) is 4.79 Å². The van der Waals surface area contributed by atoms with Crippen molar-refractivity contribution in [3.8, 4) is 5.75 Å². The molecule has 0 aromatic heterocycles. The summed E-state index contributed by atoms with van der Waals surface area (Å²) >= 11 is 11.7. The van der Waals surface area contributed by atoms with Crippen LogP contribution in [0, 0.1) is 0 Å². The fraction of sp³-hybridized carbons (Fsp3) is 0.125. The molecule has 0 saturated carbocycles. The van der Waals surface area contributed by atoms with Crippen LogP contribution < -0.4 is 10.1 Å². The summed E-state index contributed by atoms with van der Waals surface area (Å²) in [5.41, 5.74) is 0.231. The van der Waals surface area contributed by atoms with E-state index in [2.05, 4.69) is 10.1 Å². The summed E-state index contributed by atoms with van der Waals surface area (Å²) in [6, 6.07) is 9.70. The van der Waals surface area contributed by atoms with Gasteiger partial charge in [0.05, 0.1) is 21.3 Å². The molecule has 0 aliphatic carbocycles. The lowest BCUT2D eigenvalue weighted by Gasteiger charge is -2.09. The van der Waals surface area contributed by atoms with Crippen LogP contribution in [-0.2, 0) is 9.53 Å². The number of alkyl halides is 2. The van der Waals surface area contributed by atoms with Crippen LogP contribution in [0.4, 0.5) is 14.5 Å². The van der Waals surface area contributed by atoms with E-state index in [1.54, 1.807) is 12.1 Å². The van der Waals surface area contributed by atoms with Crippen molar-refractivity contribution < 1.29 is 27.8 Å². The Bertz CT molecular complexity index is 786. The SMILES string of the molecule is O=C(COC(=O)c1cccc(OC(F)F)c1)Nc1cccc(Cl)c1Cl. The number of rotatable bonds is 6. The Morgan fingerprint density at radius 3 is 2.56 bits per heavy atom. The van der Waals surface area contributed by atoms with Crippen molar-refractivity contribution >= 4 is 40.8 Å². The van der Waals surface area contributed by atoms with Crippen molar-refractivity contribution in [2.75, 3.05) is 11.9 Å². The Kier molecular flexibility index (Phi) is 6.55. The third-order valence-electron chi connectivity index (χ3n) is 2.85. The van der Waals surface area contributed by atoms with Gasteiger partial charge in [-0.1, -0.05) is 35.3 Å². The van der Waals surface area contributed by atoms with Gasteiger partial charge in [0, 0.05) is 0 Å². The van der Waals surface area contributed by atoms with Gasteiger partial charge in [-0.2, -0.15) is 8.78 Å². The maximum Gasteiger partial charge on any atom is 0.387 e. The number of esters is 1. The van der Waals surface area contributed by atoms with Crippen LogP contribution in [0.15, 0.2) is 42.5 Å². The van der Waals surface area contributed by atoms with Gasteiger partial charge in [0.2, 0.25) is 0 Å². The smallest absolute Gasteiger partial charge is 0.387 e. The molecule has 1 amide bonds. The first-order chi connectivity index (χ1) is 11.9. The molecule has 0 bridgehead atoms. The maximum absolute atomic E-state index is 12.2. The average molecular weight is 390 g/mol. The van der Waals surface area contributed by atoms with Crippen molar-refractivity contribution in [2.45, 2.75) is 6.61 Å². The molecule has 9 heteroatoms. The van der Waals surface area contributed by atoms with Crippen molar-refractivity contribution in [3.63, 3.8) is 0 Å². The fourth-order valence-corrected chi connectivity index (χ4v) is 2.15. The maximum atomic E-state index is 12.2. The molecule has 1 N–H and O–H groups in total. The number of hydrogen-bond donors (Lipinski definition) is 1. The van der Waals surface area contributed by atoms with Gasteiger partial charge in [-0.05, 0) is 30.3 Å². The number of nitrogens with one attached hydrogen (secondary N) is 1. The highest BCUT2D eigenvalue weighted by Gasteiger charge is 2.14. The molecule has 5 nitrogen and oxygen atoms in total. The quantitative estimate of drug-likeness (QED) is 0.744. The molecule has 2 rings (SSSR count). The monoisotopic (exact) mass is 389 g/mol. The largest absolute Gasteiger partial charge is 0.452 e. The zero-order chi connectivity index (χ0) is 18.4. The van der Waals surface area contributed by atoms with E-state index in [0.717, 1.165) is 6.07 Å². The van der Waals surface area contributed by atoms with Crippen LogP contribution in [0.1, 0.15) is 10.4 Å². The van der Waals surface area contributed by atoms with Gasteiger partial charge in [-0.15, -0.1) is 0 Å². The second kappa shape index (κ2) is 8.64. The van der Waals surface area contributed by atoms with Crippen LogP contribution in [0.3, 0.4) is 0 Å². The lowest BCUT2D eigenvalue weighted by Crippen LogP contribution is -2.21. The normalized spacial score (nSPS) is 10.4. The minimum Gasteiger partial charge on any atom is -0.452 e. The molecular weight excluding hydrogens is 379 g/mol. The van der Waals surface area contributed by atoms with E-state index in [1.165, 1.54) is 24.3 Å². The Morgan fingerprint density at radius 2 is 1.84 bits per heavy atom. The molecule has 0 saturated heterocycles. The van der Waals surface area contributed by atoms with E-state index in [4.69, 9.17) is 27.9 Å². The highest BCUT2D eigenvalue weighted by atomic mass is 35.5. The standard InChI is InChI=1S/C16H11Cl2F2NO4/c17-11-5-2-6-12(14(11)18)21-13(22)8-24-15(23)9-3-1-4-10(7-9)25-16(19)20/h1-7,16H,8H2,(H,21,22). The topological polar surface area (TPSA) is 64.6 Å². The van der Waals surface area contributed by atoms with Crippen LogP contribution >= 0.6 is 23.2 Å². The Balaban J connectivity index is 1.93. The predicted molar refractivity (Wildman–Crippen MR) is 88.4 cm³/mol. The number of carbonyl (C=O) groups is 2. The average Bonchev–Trinajstić information content (AvgIpc) is 2.56. The molecule has 0 atom stereocenters. The highest BCUT2D eigenvalue weighted by Crippen LogP contribution is 2.29. The summed E-state index contributed by atoms with van der Waals surface area (Å²) in [6.07, 6.45) is 0. The van der Waals surface area contributed by atoms with E-state index < -0.39 is 25.1 Å². The van der Waals surface area contributed by atoms with E-state index in [9.17, 15) is 18.4 Å². The van der Waals surface area contributed by atoms with Crippen LogP contribution in [-0.4, -0.2) is 25.1 Å². The summed E-state index contributed by atoms with van der Waals surface area (Å²) in [4.78, 5) is 23.7. The molecule has 132 valence electrons. The number of carbonyl (C=O) groups excluding carboxylic acids is 2. The third kappa shape index (κ3) is 5.58. The highest BCUT2D eigenvalue weighted by molar-refractivity contribution is 6.44. The lowest BCUT2D eigenvalue weighted by atomic mass is 10.2. The van der Waals surface area contributed by atoms with Gasteiger partial charge >= 0.3 is 12.6 Å². The van der Waals surface area contributed by atoms with E-state index in [0.29, 0.717) is 0 Å². The van der Waals surface area contributed by atoms with E-state index in [1.807, 2.05) is 0 Å². The van der Waals surface area contributed by atoms with Crippen molar-refractivity contribution in [1.82, 2.24) is 0 Å². The van der Waals surface area contributed by atoms with Crippen molar-refractivity contribution in [2.24, 2.45) is 0 Å². The van der Waals surface area contributed by atoms with Gasteiger partial charge in [0.1, 0.15) is 5.75 Å². The van der Waals surface area contributed by atoms with Crippen LogP contribution in [0.2, 0.25) is 10.0 Å². The summed E-state index contributed by atoms with van der Waals surface area (Å²) < 4.78 is 33.3. The molecule has 0 aliphatic heterocycles. The van der Waals surface area contributed by atoms with Gasteiger partial charge in [-0.3, -0.25) is 4.79 Å². The molecular formula is C16H11Cl2F2NO4. The molecule has 0 fully saturated rings. The molecule has 0 heterocycles. The molecule has 2 aromatic rings. The van der Waals surface area contributed by atoms with Crippen molar-refractivity contribution in [1.29, 1.82) is 0 Å². The summed E-state index contributed by atoms with van der Waals surface area (Å²) in [6.45, 7) is -3.61. The van der Waals surface area contributed by atoms with Gasteiger partial charge < -0.3 is 14.8 Å². The second-order valence-corrected chi connectivity index (χ2v) is 5.42. The minimum atomic E-state index is -3.01. The number of halogens is 4. The molecule has 25 heavy (non-hydrogen) atoms. The lowest BCUT2D eigenvalue weighted by molar-refractivity contribution is -0.119. The van der Waals surface area contributed by atoms with Gasteiger partial charge in [0.25, 0.3) is 5.91 Å². The number of anilines is 1. The van der Waals surface area contributed by atoms with Crippen LogP contribution in [0.25, 0.3) is 0 Å². The zero-order valence-corrected chi connectivity index (χ0v) is 14.0. The molecule has 0 spiro atoms. The fourth-order valence-electron chi connectivity index (χ4n) is 1.80. The zero-order valence-electron chi connectivity index (χ0n) is 12.5. The van der Waals surface area contributed by atoms with E-state index in [-0.39, 0.29) is 27.0 Å². The molecule has 0 aliphatic rings. The van der Waals surface area contributed by atoms with Gasteiger partial charge in [0.15, 0.2) is 6.61 Å². The summed E-state index contributed by atoms with van der Waals surface area (Å²) in [5.74, 6) is -1.70. The molecule has 0 radical (unpaired) electrons. The first-order valence-electron chi connectivity index (χ1n) is 6.82. The first kappa shape index (κ1) is 19.0.